The van der Waals surface area contributed by atoms with Gasteiger partial charge in [0.2, 0.25) is 0 Å². The first-order valence-corrected chi connectivity index (χ1v) is 20.4. The molecule has 0 aliphatic carbocycles. The maximum Gasteiger partial charge on any atom is 0.261 e. The molecule has 272 valence electrons. The highest BCUT2D eigenvalue weighted by molar-refractivity contribution is 6.99. The molecule has 3 aromatic rings. The number of hydrogen-bond acceptors (Lipinski definition) is 6. The van der Waals surface area contributed by atoms with Gasteiger partial charge in [-0.15, -0.1) is 6.58 Å². The van der Waals surface area contributed by atoms with Gasteiger partial charge in [-0.2, -0.15) is 0 Å². The van der Waals surface area contributed by atoms with Gasteiger partial charge in [-0.3, -0.25) is 0 Å². The quantitative estimate of drug-likeness (QED) is 0.128. The largest absolute Gasteiger partial charge is 0.407 e. The van der Waals surface area contributed by atoms with Gasteiger partial charge >= 0.3 is 0 Å². The van der Waals surface area contributed by atoms with Crippen molar-refractivity contribution in [3.63, 3.8) is 0 Å². The molecule has 0 unspecified atom stereocenters. The Morgan fingerprint density at radius 3 is 2.08 bits per heavy atom. The summed E-state index contributed by atoms with van der Waals surface area (Å²) in [4.78, 5) is 0. The number of methoxy groups -OCH3 is 1. The summed E-state index contributed by atoms with van der Waals surface area (Å²) in [5.74, 6) is -0.962. The number of hydrogen-bond donors (Lipinski definition) is 1. The third-order valence-corrected chi connectivity index (χ3v) is 16.1. The third kappa shape index (κ3) is 8.53. The average molecular weight is 701 g/mol. The zero-order valence-corrected chi connectivity index (χ0v) is 32.2. The van der Waals surface area contributed by atoms with E-state index < -0.39 is 25.6 Å². The number of benzene rings is 3. The first-order chi connectivity index (χ1) is 23.9. The van der Waals surface area contributed by atoms with Crippen molar-refractivity contribution in [2.75, 3.05) is 13.7 Å². The highest BCUT2D eigenvalue weighted by atomic mass is 28.4. The fourth-order valence-corrected chi connectivity index (χ4v) is 12.8. The molecule has 2 heterocycles. The number of rotatable bonds is 15. The molecule has 7 heteroatoms. The lowest BCUT2D eigenvalue weighted by molar-refractivity contribution is -0.363. The van der Waals surface area contributed by atoms with Crippen molar-refractivity contribution in [3.05, 3.63) is 109 Å². The van der Waals surface area contributed by atoms with Gasteiger partial charge in [0.1, 0.15) is 0 Å². The Morgan fingerprint density at radius 2 is 1.52 bits per heavy atom. The molecular formula is C43H60O6Si. The third-order valence-electron chi connectivity index (χ3n) is 11.1. The van der Waals surface area contributed by atoms with Crippen LogP contribution in [0, 0.1) is 5.41 Å². The van der Waals surface area contributed by atoms with Crippen molar-refractivity contribution in [1.29, 1.82) is 0 Å². The van der Waals surface area contributed by atoms with Crippen LogP contribution < -0.4 is 10.4 Å². The molecule has 0 bridgehead atoms. The van der Waals surface area contributed by atoms with Crippen molar-refractivity contribution in [1.82, 2.24) is 0 Å². The number of ether oxygens (including phenoxy) is 4. The van der Waals surface area contributed by atoms with Crippen molar-refractivity contribution < 1.29 is 28.5 Å². The summed E-state index contributed by atoms with van der Waals surface area (Å²) in [5.41, 5.74) is 0.633. The monoisotopic (exact) mass is 700 g/mol. The highest BCUT2D eigenvalue weighted by Gasteiger charge is 2.58. The fourth-order valence-electron chi connectivity index (χ4n) is 8.23. The van der Waals surface area contributed by atoms with E-state index in [1.807, 2.05) is 24.3 Å². The zero-order chi connectivity index (χ0) is 35.8. The second kappa shape index (κ2) is 16.8. The van der Waals surface area contributed by atoms with Crippen LogP contribution in [0.25, 0.3) is 0 Å². The van der Waals surface area contributed by atoms with E-state index in [0.717, 1.165) is 24.8 Å². The van der Waals surface area contributed by atoms with Gasteiger partial charge in [0.25, 0.3) is 8.32 Å². The van der Waals surface area contributed by atoms with Crippen molar-refractivity contribution >= 4 is 18.7 Å². The van der Waals surface area contributed by atoms with Crippen molar-refractivity contribution in [3.8, 4) is 0 Å². The first kappa shape index (κ1) is 38.6. The Bertz CT molecular complexity index is 1420. The van der Waals surface area contributed by atoms with Gasteiger partial charge in [-0.05, 0) is 53.1 Å². The van der Waals surface area contributed by atoms with Crippen LogP contribution in [-0.2, 0) is 30.0 Å². The van der Waals surface area contributed by atoms with Gasteiger partial charge in [-0.1, -0.05) is 132 Å². The second-order valence-electron chi connectivity index (χ2n) is 15.8. The molecule has 6 atom stereocenters. The van der Waals surface area contributed by atoms with E-state index in [1.54, 1.807) is 7.11 Å². The number of aliphatic hydroxyl groups is 1. The van der Waals surface area contributed by atoms with Gasteiger partial charge in [0.15, 0.2) is 5.79 Å². The van der Waals surface area contributed by atoms with Crippen LogP contribution in [-0.4, -0.2) is 63.4 Å². The normalized spacial score (nSPS) is 26.3. The lowest BCUT2D eigenvalue weighted by Gasteiger charge is -2.56. The van der Waals surface area contributed by atoms with E-state index in [0.29, 0.717) is 38.9 Å². The van der Waals surface area contributed by atoms with Gasteiger partial charge < -0.3 is 28.5 Å². The summed E-state index contributed by atoms with van der Waals surface area (Å²) in [5, 5.41) is 14.0. The summed E-state index contributed by atoms with van der Waals surface area (Å²) >= 11 is 0. The highest BCUT2D eigenvalue weighted by Crippen LogP contribution is 2.50. The summed E-state index contributed by atoms with van der Waals surface area (Å²) < 4.78 is 33.7. The molecular weight excluding hydrogens is 641 g/mol. The minimum absolute atomic E-state index is 0.0238. The molecule has 50 heavy (non-hydrogen) atoms. The molecule has 2 aliphatic heterocycles. The van der Waals surface area contributed by atoms with E-state index in [1.165, 1.54) is 10.4 Å². The lowest BCUT2D eigenvalue weighted by atomic mass is 9.70. The van der Waals surface area contributed by atoms with E-state index in [9.17, 15) is 5.11 Å². The van der Waals surface area contributed by atoms with Crippen LogP contribution in [0.4, 0.5) is 0 Å². The van der Waals surface area contributed by atoms with E-state index in [4.69, 9.17) is 23.4 Å². The molecule has 0 saturated carbocycles. The fraction of sp³-hybridized carbons (Fsp3) is 0.535. The maximum absolute atomic E-state index is 11.6. The van der Waals surface area contributed by atoms with Crippen molar-refractivity contribution in [2.45, 2.75) is 128 Å². The number of aliphatic hydroxyl groups excluding tert-OH is 1. The molecule has 1 N–H and O–H groups in total. The van der Waals surface area contributed by atoms with E-state index >= 15 is 0 Å². The summed E-state index contributed by atoms with van der Waals surface area (Å²) in [7, 11) is -0.971. The van der Waals surface area contributed by atoms with Gasteiger partial charge in [0.05, 0.1) is 37.1 Å². The van der Waals surface area contributed by atoms with Gasteiger partial charge in [0, 0.05) is 32.0 Å². The molecule has 0 radical (unpaired) electrons. The Kier molecular flexibility index (Phi) is 13.0. The Morgan fingerprint density at radius 1 is 0.920 bits per heavy atom. The minimum atomic E-state index is -2.71. The SMILES string of the molecule is C=C[C@H]1CCC[C@@H](C[C@]2(OC)O[C@H](C[C@@H](O)CCO[Si](c3ccccc3)(c3ccccc3)C(C)(C)C)C[C@H](OCc3ccccc3)C2(C)C)O1. The van der Waals surface area contributed by atoms with Crippen molar-refractivity contribution in [2.24, 2.45) is 5.41 Å². The average Bonchev–Trinajstić information content (AvgIpc) is 3.11. The van der Waals surface area contributed by atoms with Crippen LogP contribution in [0.3, 0.4) is 0 Å². The Labute approximate surface area is 302 Å². The minimum Gasteiger partial charge on any atom is -0.407 e. The molecule has 3 aromatic carbocycles. The van der Waals surface area contributed by atoms with Crippen LogP contribution in [0.2, 0.25) is 5.04 Å². The molecule has 5 rings (SSSR count). The van der Waals surface area contributed by atoms with Crippen LogP contribution >= 0.6 is 0 Å². The topological polar surface area (TPSA) is 66.4 Å². The molecule has 2 fully saturated rings. The molecule has 0 aromatic heterocycles. The molecule has 2 aliphatic rings. The predicted molar refractivity (Wildman–Crippen MR) is 204 cm³/mol. The Balaban J connectivity index is 1.34. The summed E-state index contributed by atoms with van der Waals surface area (Å²) in [6.07, 6.45) is 6.03. The molecule has 0 amide bonds. The molecule has 2 saturated heterocycles. The van der Waals surface area contributed by atoms with Crippen LogP contribution in [0.15, 0.2) is 104 Å². The summed E-state index contributed by atoms with van der Waals surface area (Å²) in [6, 6.07) is 31.6. The predicted octanol–water partition coefficient (Wildman–Crippen LogP) is 7.96. The Hall–Kier alpha value is -2.62. The van der Waals surface area contributed by atoms with Gasteiger partial charge in [-0.25, -0.2) is 0 Å². The standard InChI is InChI=1S/C43H60O6Si/c1-8-35-21-18-22-36(48-35)31-43(45-7)42(5,6)40(46-32-33-19-12-9-13-20-33)30-37(49-43)29-34(44)27-28-47-50(41(2,3)4,38-23-14-10-15-24-38)39-25-16-11-17-26-39/h8-17,19-20,23-26,34-37,40,44H,1,18,21-22,27-32H2,2-7H3/t34-,35-,36-,37+,40-,43-/m0/s1. The first-order valence-electron chi connectivity index (χ1n) is 18.5. The molecule has 0 spiro atoms. The van der Waals surface area contributed by atoms with Crippen LogP contribution in [0.5, 0.6) is 0 Å². The smallest absolute Gasteiger partial charge is 0.261 e. The second-order valence-corrected chi connectivity index (χ2v) is 20.1. The molecule has 6 nitrogen and oxygen atoms in total. The maximum atomic E-state index is 11.6. The zero-order valence-electron chi connectivity index (χ0n) is 31.2. The van der Waals surface area contributed by atoms with E-state index in [2.05, 4.69) is 114 Å². The van der Waals surface area contributed by atoms with E-state index in [-0.39, 0.29) is 29.5 Å². The summed E-state index contributed by atoms with van der Waals surface area (Å²) in [6.45, 7) is 16.1. The lowest BCUT2D eigenvalue weighted by Crippen LogP contribution is -2.66. The van der Waals surface area contributed by atoms with Crippen LogP contribution in [0.1, 0.15) is 85.1 Å².